The minimum atomic E-state index is -1.15. The minimum Gasteiger partial charge on any atom is -0.445 e. The molecule has 2 aromatic rings. The van der Waals surface area contributed by atoms with Gasteiger partial charge in [0, 0.05) is 18.3 Å². The van der Waals surface area contributed by atoms with Gasteiger partial charge in [0.05, 0.1) is 18.4 Å². The number of carbonyl (C=O) groups is 1. The second kappa shape index (κ2) is 6.26. The van der Waals surface area contributed by atoms with E-state index < -0.39 is 11.7 Å². The van der Waals surface area contributed by atoms with Crippen LogP contribution in [0.1, 0.15) is 17.5 Å². The molecule has 6 nitrogen and oxygen atoms in total. The Morgan fingerprint density at radius 3 is 2.87 bits per heavy atom. The normalized spacial score (nSPS) is 20.5. The molecule has 1 aliphatic heterocycles. The quantitative estimate of drug-likeness (QED) is 0.903. The van der Waals surface area contributed by atoms with Crippen LogP contribution in [-0.4, -0.2) is 34.2 Å². The van der Waals surface area contributed by atoms with Crippen LogP contribution in [0, 0.1) is 0 Å². The molecular weight excluding hydrogens is 294 g/mol. The van der Waals surface area contributed by atoms with Crippen molar-refractivity contribution in [2.75, 3.05) is 18.8 Å². The fourth-order valence-electron chi connectivity index (χ4n) is 2.81. The number of nitrogens with two attached hydrogens (primary N) is 1. The molecule has 1 saturated heterocycles. The number of amides is 1. The zero-order valence-electron chi connectivity index (χ0n) is 12.7. The molecule has 0 bridgehead atoms. The van der Waals surface area contributed by atoms with Crippen LogP contribution in [-0.2, 0) is 16.9 Å². The lowest BCUT2D eigenvalue weighted by atomic mass is 9.93. The molecule has 0 saturated carbocycles. The van der Waals surface area contributed by atoms with Gasteiger partial charge in [0.2, 0.25) is 0 Å². The minimum absolute atomic E-state index is 0.162. The Morgan fingerprint density at radius 1 is 1.35 bits per heavy atom. The summed E-state index contributed by atoms with van der Waals surface area (Å²) in [5.41, 5.74) is 6.68. The number of nitrogen functional groups attached to an aromatic ring is 1. The van der Waals surface area contributed by atoms with Crippen LogP contribution >= 0.6 is 0 Å². The molecule has 0 aliphatic carbocycles. The first-order valence-corrected chi connectivity index (χ1v) is 7.46. The summed E-state index contributed by atoms with van der Waals surface area (Å²) in [5, 5.41) is 10.8. The molecule has 1 aromatic carbocycles. The molecule has 0 spiro atoms. The van der Waals surface area contributed by atoms with Gasteiger partial charge in [-0.2, -0.15) is 0 Å². The van der Waals surface area contributed by atoms with E-state index in [0.717, 1.165) is 5.56 Å². The molecule has 1 aliphatic rings. The van der Waals surface area contributed by atoms with E-state index in [0.29, 0.717) is 24.2 Å². The number of hydrogen-bond donors (Lipinski definition) is 2. The Morgan fingerprint density at radius 2 is 2.13 bits per heavy atom. The van der Waals surface area contributed by atoms with Gasteiger partial charge in [0.1, 0.15) is 12.2 Å². The van der Waals surface area contributed by atoms with Crippen molar-refractivity contribution in [2.45, 2.75) is 18.6 Å². The summed E-state index contributed by atoms with van der Waals surface area (Å²) in [5.74, 6) is 0. The van der Waals surface area contributed by atoms with Crippen molar-refractivity contribution in [1.82, 2.24) is 9.88 Å². The van der Waals surface area contributed by atoms with Crippen LogP contribution < -0.4 is 5.73 Å². The van der Waals surface area contributed by atoms with Gasteiger partial charge in [-0.3, -0.25) is 4.98 Å². The number of anilines is 1. The predicted octanol–water partition coefficient (Wildman–Crippen LogP) is 1.89. The molecule has 1 amide bonds. The standard InChI is InChI=1S/C17H19N3O3/c18-15-10-19-8-6-14(15)17(22)7-9-20(12-17)16(21)23-11-13-4-2-1-3-5-13/h1-6,8,10,22H,7,9,11-12,18H2. The molecule has 1 atom stereocenters. The van der Waals surface area contributed by atoms with Crippen molar-refractivity contribution in [3.63, 3.8) is 0 Å². The van der Waals surface area contributed by atoms with E-state index in [9.17, 15) is 9.90 Å². The maximum Gasteiger partial charge on any atom is 0.410 e. The maximum absolute atomic E-state index is 12.2. The largest absolute Gasteiger partial charge is 0.445 e. The van der Waals surface area contributed by atoms with E-state index in [1.807, 2.05) is 30.3 Å². The van der Waals surface area contributed by atoms with Gasteiger partial charge in [0.25, 0.3) is 0 Å². The summed E-state index contributed by atoms with van der Waals surface area (Å²) in [7, 11) is 0. The monoisotopic (exact) mass is 313 g/mol. The molecule has 1 unspecified atom stereocenters. The summed E-state index contributed by atoms with van der Waals surface area (Å²) >= 11 is 0. The van der Waals surface area contributed by atoms with Crippen LogP contribution in [0.2, 0.25) is 0 Å². The van der Waals surface area contributed by atoms with Crippen LogP contribution in [0.25, 0.3) is 0 Å². The highest BCUT2D eigenvalue weighted by molar-refractivity contribution is 5.68. The fraction of sp³-hybridized carbons (Fsp3) is 0.294. The smallest absolute Gasteiger partial charge is 0.410 e. The van der Waals surface area contributed by atoms with Crippen molar-refractivity contribution in [3.8, 4) is 0 Å². The van der Waals surface area contributed by atoms with Gasteiger partial charge in [-0.05, 0) is 18.1 Å². The molecule has 3 N–H and O–H groups in total. The second-order valence-corrected chi connectivity index (χ2v) is 5.71. The Kier molecular flexibility index (Phi) is 4.16. The maximum atomic E-state index is 12.2. The zero-order chi connectivity index (χ0) is 16.3. The van der Waals surface area contributed by atoms with Crippen molar-refractivity contribution < 1.29 is 14.6 Å². The summed E-state index contributed by atoms with van der Waals surface area (Å²) in [6.07, 6.45) is 3.07. The van der Waals surface area contributed by atoms with Gasteiger partial charge in [-0.15, -0.1) is 0 Å². The van der Waals surface area contributed by atoms with Gasteiger partial charge in [0.15, 0.2) is 0 Å². The highest BCUT2D eigenvalue weighted by atomic mass is 16.6. The number of ether oxygens (including phenoxy) is 1. The fourth-order valence-corrected chi connectivity index (χ4v) is 2.81. The number of β-amino-alcohol motifs (C(OH)–C–C–N with tert-alkyl or cyclic N) is 1. The third-order valence-corrected chi connectivity index (χ3v) is 4.06. The summed E-state index contributed by atoms with van der Waals surface area (Å²) in [6, 6.07) is 11.2. The number of carbonyl (C=O) groups excluding carboxylic acids is 1. The average Bonchev–Trinajstić information content (AvgIpc) is 2.97. The first kappa shape index (κ1) is 15.3. The lowest BCUT2D eigenvalue weighted by molar-refractivity contribution is 0.0413. The third kappa shape index (κ3) is 3.27. The van der Waals surface area contributed by atoms with Crippen LogP contribution in [0.4, 0.5) is 10.5 Å². The summed E-state index contributed by atoms with van der Waals surface area (Å²) in [6.45, 7) is 0.798. The van der Waals surface area contributed by atoms with Crippen LogP contribution in [0.3, 0.4) is 0 Å². The molecule has 3 rings (SSSR count). The second-order valence-electron chi connectivity index (χ2n) is 5.71. The summed E-state index contributed by atoms with van der Waals surface area (Å²) in [4.78, 5) is 17.6. The highest BCUT2D eigenvalue weighted by Crippen LogP contribution is 2.34. The molecule has 1 aromatic heterocycles. The van der Waals surface area contributed by atoms with Gasteiger partial charge in [-0.25, -0.2) is 4.79 Å². The van der Waals surface area contributed by atoms with E-state index in [2.05, 4.69) is 4.98 Å². The third-order valence-electron chi connectivity index (χ3n) is 4.06. The van der Waals surface area contributed by atoms with Crippen molar-refractivity contribution in [2.24, 2.45) is 0 Å². The first-order chi connectivity index (χ1) is 11.1. The first-order valence-electron chi connectivity index (χ1n) is 7.46. The number of likely N-dealkylation sites (tertiary alicyclic amines) is 1. The Hall–Kier alpha value is -2.60. The molecule has 23 heavy (non-hydrogen) atoms. The van der Waals surface area contributed by atoms with Crippen molar-refractivity contribution in [3.05, 3.63) is 59.9 Å². The number of benzene rings is 1. The van der Waals surface area contributed by atoms with E-state index in [-0.39, 0.29) is 13.2 Å². The topological polar surface area (TPSA) is 88.7 Å². The van der Waals surface area contributed by atoms with Crippen molar-refractivity contribution in [1.29, 1.82) is 0 Å². The SMILES string of the molecule is Nc1cnccc1C1(O)CCN(C(=O)OCc2ccccc2)C1. The van der Waals surface area contributed by atoms with Crippen LogP contribution in [0.5, 0.6) is 0 Å². The molecule has 2 heterocycles. The molecule has 0 radical (unpaired) electrons. The number of rotatable bonds is 3. The van der Waals surface area contributed by atoms with Gasteiger partial charge < -0.3 is 20.5 Å². The number of aliphatic hydroxyl groups is 1. The average molecular weight is 313 g/mol. The number of hydrogen-bond acceptors (Lipinski definition) is 5. The van der Waals surface area contributed by atoms with E-state index >= 15 is 0 Å². The lowest BCUT2D eigenvalue weighted by Gasteiger charge is -2.24. The molecule has 1 fully saturated rings. The lowest BCUT2D eigenvalue weighted by Crippen LogP contribution is -2.35. The summed E-state index contributed by atoms with van der Waals surface area (Å²) < 4.78 is 5.30. The molecular formula is C17H19N3O3. The van der Waals surface area contributed by atoms with Gasteiger partial charge in [-0.1, -0.05) is 30.3 Å². The van der Waals surface area contributed by atoms with E-state index in [1.165, 1.54) is 11.1 Å². The van der Waals surface area contributed by atoms with Crippen LogP contribution in [0.15, 0.2) is 48.8 Å². The zero-order valence-corrected chi connectivity index (χ0v) is 12.7. The number of aromatic nitrogens is 1. The van der Waals surface area contributed by atoms with E-state index in [1.54, 1.807) is 12.3 Å². The molecule has 120 valence electrons. The number of pyridine rings is 1. The Balaban J connectivity index is 1.63. The predicted molar refractivity (Wildman–Crippen MR) is 85.4 cm³/mol. The highest BCUT2D eigenvalue weighted by Gasteiger charge is 2.41. The Labute approximate surface area is 134 Å². The number of nitrogens with zero attached hydrogens (tertiary/aromatic N) is 2. The van der Waals surface area contributed by atoms with E-state index in [4.69, 9.17) is 10.5 Å². The Bertz CT molecular complexity index is 692. The van der Waals surface area contributed by atoms with Gasteiger partial charge >= 0.3 is 6.09 Å². The van der Waals surface area contributed by atoms with Crippen molar-refractivity contribution >= 4 is 11.8 Å². The molecule has 6 heteroatoms.